The van der Waals surface area contributed by atoms with Gasteiger partial charge < -0.3 is 14.0 Å². The van der Waals surface area contributed by atoms with Crippen LogP contribution in [-0.2, 0) is 6.42 Å². The van der Waals surface area contributed by atoms with Gasteiger partial charge in [-0.05, 0) is 89.9 Å². The van der Waals surface area contributed by atoms with E-state index < -0.39 is 0 Å². The largest absolute Gasteiger partial charge is 0.310 e. The van der Waals surface area contributed by atoms with Crippen LogP contribution in [0.3, 0.4) is 0 Å². The van der Waals surface area contributed by atoms with E-state index in [1.165, 1.54) is 39.2 Å². The number of aryl methyl sites for hydroxylation is 2. The van der Waals surface area contributed by atoms with Gasteiger partial charge >= 0.3 is 0 Å². The summed E-state index contributed by atoms with van der Waals surface area (Å²) in [5, 5.41) is 0. The van der Waals surface area contributed by atoms with Crippen LogP contribution in [0.1, 0.15) is 73.2 Å². The van der Waals surface area contributed by atoms with Gasteiger partial charge in [-0.15, -0.1) is 0 Å². The molecule has 2 aromatic heterocycles. The van der Waals surface area contributed by atoms with E-state index in [0.29, 0.717) is 18.3 Å². The van der Waals surface area contributed by atoms with Crippen LogP contribution in [0, 0.1) is 13.8 Å². The van der Waals surface area contributed by atoms with Gasteiger partial charge in [0.2, 0.25) is 0 Å². The first-order chi connectivity index (χ1) is 24.3. The van der Waals surface area contributed by atoms with E-state index in [0.717, 1.165) is 34.1 Å². The number of benzene rings is 5. The fourth-order valence-electron chi connectivity index (χ4n) is 7.08. The minimum atomic E-state index is 0.403. The predicted octanol–water partition coefficient (Wildman–Crippen LogP) is 11.6. The van der Waals surface area contributed by atoms with E-state index in [4.69, 9.17) is 9.97 Å². The van der Waals surface area contributed by atoms with Crippen molar-refractivity contribution in [3.8, 4) is 22.6 Å². The fraction of sp³-hybridized carbons (Fsp3) is 0.200. The van der Waals surface area contributed by atoms with E-state index in [1.807, 2.05) is 12.5 Å². The summed E-state index contributed by atoms with van der Waals surface area (Å²) in [6.45, 7) is 13.4. The number of rotatable bonds is 10. The second kappa shape index (κ2) is 14.0. The van der Waals surface area contributed by atoms with Gasteiger partial charge in [-0.25, -0.2) is 9.97 Å². The van der Waals surface area contributed by atoms with Gasteiger partial charge in [0, 0.05) is 47.6 Å². The molecule has 5 heteroatoms. The highest BCUT2D eigenvalue weighted by Gasteiger charge is 2.19. The lowest BCUT2D eigenvalue weighted by atomic mass is 9.92. The molecule has 7 rings (SSSR count). The Balaban J connectivity index is 1.25. The first-order valence-electron chi connectivity index (χ1n) is 17.6. The van der Waals surface area contributed by atoms with Gasteiger partial charge in [-0.2, -0.15) is 0 Å². The van der Waals surface area contributed by atoms with Gasteiger partial charge in [0.15, 0.2) is 0 Å². The Morgan fingerprint density at radius 2 is 1.24 bits per heavy atom. The van der Waals surface area contributed by atoms with Gasteiger partial charge in [0.25, 0.3) is 0 Å². The third kappa shape index (κ3) is 6.51. The third-order valence-corrected chi connectivity index (χ3v) is 9.53. The summed E-state index contributed by atoms with van der Waals surface area (Å²) in [4.78, 5) is 12.1. The molecule has 0 atom stereocenters. The molecule has 7 aromatic rings. The quantitative estimate of drug-likeness (QED) is 0.147. The van der Waals surface area contributed by atoms with Crippen LogP contribution in [0.2, 0.25) is 0 Å². The lowest BCUT2D eigenvalue weighted by Crippen LogP contribution is -2.11. The second-order valence-electron chi connectivity index (χ2n) is 13.8. The molecule has 0 aliphatic carbocycles. The van der Waals surface area contributed by atoms with Crippen molar-refractivity contribution in [2.45, 2.75) is 59.8 Å². The molecule has 0 spiro atoms. The van der Waals surface area contributed by atoms with Gasteiger partial charge in [0.1, 0.15) is 5.82 Å². The summed E-state index contributed by atoms with van der Waals surface area (Å²) in [5.41, 5.74) is 14.1. The first kappa shape index (κ1) is 32.8. The molecule has 5 nitrogen and oxygen atoms in total. The smallest absolute Gasteiger partial charge is 0.117 e. The normalized spacial score (nSPS) is 11.4. The Kier molecular flexibility index (Phi) is 9.23. The minimum absolute atomic E-state index is 0.403. The van der Waals surface area contributed by atoms with Crippen LogP contribution in [0.5, 0.6) is 0 Å². The van der Waals surface area contributed by atoms with Crippen LogP contribution < -0.4 is 4.90 Å². The molecule has 2 heterocycles. The molecule has 0 bridgehead atoms. The van der Waals surface area contributed by atoms with Crippen LogP contribution in [0.25, 0.3) is 22.6 Å². The molecule has 50 heavy (non-hydrogen) atoms. The maximum absolute atomic E-state index is 4.95. The highest BCUT2D eigenvalue weighted by atomic mass is 15.1. The average molecular weight is 656 g/mol. The lowest BCUT2D eigenvalue weighted by molar-refractivity contribution is 0.805. The van der Waals surface area contributed by atoms with Crippen LogP contribution in [0.15, 0.2) is 140 Å². The van der Waals surface area contributed by atoms with Gasteiger partial charge in [-0.1, -0.05) is 107 Å². The molecular formula is C45H45N5. The van der Waals surface area contributed by atoms with Crippen molar-refractivity contribution in [1.82, 2.24) is 19.1 Å². The highest BCUT2D eigenvalue weighted by molar-refractivity contribution is 5.79. The van der Waals surface area contributed by atoms with E-state index in [2.05, 4.69) is 183 Å². The maximum Gasteiger partial charge on any atom is 0.117 e. The van der Waals surface area contributed by atoms with Crippen molar-refractivity contribution in [1.29, 1.82) is 0 Å². The van der Waals surface area contributed by atoms with Crippen molar-refractivity contribution in [3.05, 3.63) is 174 Å². The molecule has 0 saturated carbocycles. The SMILES string of the molecule is Cc1cccc(C)c1-n1ccnc1Cc1cccc(N(c2ccccc2)c2cccc(-c3cn(-c4c(C(C)C)cccc4C(C)C)cn3)c2)c1. The summed E-state index contributed by atoms with van der Waals surface area (Å²) < 4.78 is 4.45. The highest BCUT2D eigenvalue weighted by Crippen LogP contribution is 2.38. The van der Waals surface area contributed by atoms with Crippen molar-refractivity contribution >= 4 is 17.1 Å². The summed E-state index contributed by atoms with van der Waals surface area (Å²) >= 11 is 0. The zero-order valence-electron chi connectivity index (χ0n) is 29.9. The molecule has 0 fully saturated rings. The first-order valence-corrected chi connectivity index (χ1v) is 17.6. The van der Waals surface area contributed by atoms with E-state index >= 15 is 0 Å². The number of hydrogen-bond acceptors (Lipinski definition) is 3. The standard InChI is InChI=1S/C45H45N5/c1-31(2)40-22-13-23-41(32(3)4)45(40)48-29-42(47-30-48)36-17-12-21-39(28-36)50(37-18-8-7-9-19-37)38-20-11-16-35(26-38)27-43-46-24-25-49(43)44-33(5)14-10-15-34(44)6/h7-26,28-32H,27H2,1-6H3. The predicted molar refractivity (Wildman–Crippen MR) is 208 cm³/mol. The molecule has 250 valence electrons. The summed E-state index contributed by atoms with van der Waals surface area (Å²) in [5.74, 6) is 1.82. The number of imidazole rings is 2. The van der Waals surface area contributed by atoms with E-state index in [9.17, 15) is 0 Å². The molecule has 0 N–H and O–H groups in total. The number of aromatic nitrogens is 4. The Morgan fingerprint density at radius 3 is 1.94 bits per heavy atom. The molecule has 0 aliphatic heterocycles. The Labute approximate surface area is 296 Å². The van der Waals surface area contributed by atoms with Crippen LogP contribution >= 0.6 is 0 Å². The second-order valence-corrected chi connectivity index (χ2v) is 13.8. The number of hydrogen-bond donors (Lipinski definition) is 0. The van der Waals surface area contributed by atoms with E-state index in [1.54, 1.807) is 0 Å². The summed E-state index contributed by atoms with van der Waals surface area (Å²) in [6, 6.07) is 41.2. The Morgan fingerprint density at radius 1 is 0.620 bits per heavy atom. The van der Waals surface area contributed by atoms with Crippen molar-refractivity contribution in [3.63, 3.8) is 0 Å². The molecule has 0 saturated heterocycles. The number of nitrogens with zero attached hydrogens (tertiary/aromatic N) is 5. The molecule has 5 aromatic carbocycles. The molecule has 0 unspecified atom stereocenters. The number of para-hydroxylation sites is 3. The molecular weight excluding hydrogens is 611 g/mol. The molecule has 0 radical (unpaired) electrons. The fourth-order valence-corrected chi connectivity index (χ4v) is 7.08. The van der Waals surface area contributed by atoms with Crippen LogP contribution in [0.4, 0.5) is 17.1 Å². The number of anilines is 3. The van der Waals surface area contributed by atoms with Crippen LogP contribution in [-0.4, -0.2) is 19.1 Å². The maximum atomic E-state index is 4.95. The summed E-state index contributed by atoms with van der Waals surface area (Å²) in [6.07, 6.45) is 8.83. The molecule has 0 amide bonds. The zero-order valence-corrected chi connectivity index (χ0v) is 29.9. The third-order valence-electron chi connectivity index (χ3n) is 9.53. The summed E-state index contributed by atoms with van der Waals surface area (Å²) in [7, 11) is 0. The minimum Gasteiger partial charge on any atom is -0.310 e. The van der Waals surface area contributed by atoms with E-state index in [-0.39, 0.29) is 0 Å². The Hall–Kier alpha value is -5.68. The lowest BCUT2D eigenvalue weighted by Gasteiger charge is -2.26. The Bertz CT molecular complexity index is 2190. The van der Waals surface area contributed by atoms with Gasteiger partial charge in [-0.3, -0.25) is 0 Å². The van der Waals surface area contributed by atoms with Crippen molar-refractivity contribution in [2.24, 2.45) is 0 Å². The molecule has 0 aliphatic rings. The average Bonchev–Trinajstić information content (AvgIpc) is 3.79. The van der Waals surface area contributed by atoms with Crippen molar-refractivity contribution in [2.75, 3.05) is 4.90 Å². The topological polar surface area (TPSA) is 38.9 Å². The monoisotopic (exact) mass is 655 g/mol. The van der Waals surface area contributed by atoms with Gasteiger partial charge in [0.05, 0.1) is 23.4 Å². The zero-order chi connectivity index (χ0) is 34.8. The van der Waals surface area contributed by atoms with Crippen molar-refractivity contribution < 1.29 is 0 Å².